The van der Waals surface area contributed by atoms with Crippen LogP contribution in [-0.4, -0.2) is 19.0 Å². The number of nitrogens with zero attached hydrogens (tertiary/aromatic N) is 1. The molecule has 1 aromatic rings. The Labute approximate surface area is 72.6 Å². The Hall–Kier alpha value is -0.530. The molecule has 0 aromatic heterocycles. The van der Waals surface area contributed by atoms with Crippen LogP contribution in [-0.2, 0) is 0 Å². The van der Waals surface area contributed by atoms with Crippen molar-refractivity contribution in [2.24, 2.45) is 0 Å². The Kier molecular flexibility index (Phi) is 2.92. The molecule has 0 fully saturated rings. The van der Waals surface area contributed by atoms with Gasteiger partial charge in [0.25, 0.3) is 0 Å². The lowest BCUT2D eigenvalue weighted by Crippen LogP contribution is -2.07. The molecule has 0 unspecified atom stereocenters. The molecule has 1 aromatic carbocycles. The minimum Gasteiger partial charge on any atom is -0.296 e. The minimum atomic E-state index is 0.759. The molecule has 0 aliphatic rings. The lowest BCUT2D eigenvalue weighted by molar-refractivity contribution is 0.516. The van der Waals surface area contributed by atoms with Crippen molar-refractivity contribution in [3.8, 4) is 0 Å². The van der Waals surface area contributed by atoms with Crippen molar-refractivity contribution in [3.63, 3.8) is 0 Å². The summed E-state index contributed by atoms with van der Waals surface area (Å²) in [6.07, 6.45) is 0. The molecule has 0 heterocycles. The maximum Gasteiger partial charge on any atom is 0.0957 e. The summed E-state index contributed by atoms with van der Waals surface area (Å²) in [6, 6.07) is 7.57. The highest BCUT2D eigenvalue weighted by molar-refractivity contribution is 6.30. The van der Waals surface area contributed by atoms with E-state index in [0.717, 1.165) is 10.6 Å². The monoisotopic (exact) mass is 167 g/mol. The van der Waals surface area contributed by atoms with Crippen molar-refractivity contribution in [1.82, 2.24) is 4.90 Å². The van der Waals surface area contributed by atoms with Gasteiger partial charge in [-0.05, 0) is 31.8 Å². The second-order valence-corrected chi connectivity index (χ2v) is 2.95. The molecule has 0 spiro atoms. The molecule has 2 radical (unpaired) electrons. The fourth-order valence-electron chi connectivity index (χ4n) is 0.783. The van der Waals surface area contributed by atoms with Gasteiger partial charge in [-0.1, -0.05) is 23.7 Å². The predicted octanol–water partition coefficient (Wildman–Crippen LogP) is 2.29. The first-order chi connectivity index (χ1) is 5.18. The number of halogens is 1. The van der Waals surface area contributed by atoms with Crippen molar-refractivity contribution < 1.29 is 0 Å². The third-order valence-corrected chi connectivity index (χ3v) is 1.45. The normalized spacial score (nSPS) is 10.5. The summed E-state index contributed by atoms with van der Waals surface area (Å²) in [5.74, 6) is 0. The van der Waals surface area contributed by atoms with E-state index >= 15 is 0 Å². The van der Waals surface area contributed by atoms with Crippen LogP contribution in [0, 0.1) is 6.54 Å². The Morgan fingerprint density at radius 3 is 2.18 bits per heavy atom. The van der Waals surface area contributed by atoms with Crippen LogP contribution in [0.3, 0.4) is 0 Å². The van der Waals surface area contributed by atoms with Crippen molar-refractivity contribution in [2.75, 3.05) is 14.1 Å². The van der Waals surface area contributed by atoms with E-state index in [1.807, 2.05) is 43.3 Å². The Morgan fingerprint density at radius 1 is 1.18 bits per heavy atom. The van der Waals surface area contributed by atoms with E-state index in [-0.39, 0.29) is 0 Å². The van der Waals surface area contributed by atoms with E-state index < -0.39 is 0 Å². The summed E-state index contributed by atoms with van der Waals surface area (Å²) < 4.78 is 0. The molecule has 0 N–H and O–H groups in total. The van der Waals surface area contributed by atoms with Crippen molar-refractivity contribution in [2.45, 2.75) is 0 Å². The van der Waals surface area contributed by atoms with Crippen LogP contribution in [0.4, 0.5) is 0 Å². The van der Waals surface area contributed by atoms with Gasteiger partial charge in [0, 0.05) is 5.02 Å². The van der Waals surface area contributed by atoms with Gasteiger partial charge in [-0.3, -0.25) is 4.90 Å². The third-order valence-electron chi connectivity index (χ3n) is 1.20. The first kappa shape index (κ1) is 8.57. The largest absolute Gasteiger partial charge is 0.296 e. The zero-order valence-electron chi connectivity index (χ0n) is 6.63. The van der Waals surface area contributed by atoms with E-state index in [4.69, 9.17) is 11.6 Å². The number of hydrogen-bond donors (Lipinski definition) is 0. The lowest BCUT2D eigenvalue weighted by Gasteiger charge is -2.06. The van der Waals surface area contributed by atoms with Crippen LogP contribution >= 0.6 is 11.6 Å². The van der Waals surface area contributed by atoms with Crippen molar-refractivity contribution >= 4 is 11.6 Å². The first-order valence-corrected chi connectivity index (χ1v) is 3.76. The SMILES string of the molecule is CN(C)[C]c1ccc(Cl)cc1. The van der Waals surface area contributed by atoms with Gasteiger partial charge >= 0.3 is 0 Å². The molecule has 1 rings (SSSR count). The first-order valence-electron chi connectivity index (χ1n) is 3.38. The van der Waals surface area contributed by atoms with E-state index in [1.165, 1.54) is 0 Å². The maximum absolute atomic E-state index is 5.71. The minimum absolute atomic E-state index is 0.759. The Balaban J connectivity index is 2.66. The fraction of sp³-hybridized carbons (Fsp3) is 0.222. The van der Waals surface area contributed by atoms with Crippen LogP contribution in [0.5, 0.6) is 0 Å². The summed E-state index contributed by atoms with van der Waals surface area (Å²) in [5.41, 5.74) is 1.04. The topological polar surface area (TPSA) is 3.24 Å². The average molecular weight is 168 g/mol. The van der Waals surface area contributed by atoms with Gasteiger partial charge in [0.1, 0.15) is 0 Å². The zero-order valence-corrected chi connectivity index (χ0v) is 7.39. The van der Waals surface area contributed by atoms with Crippen LogP contribution in [0.2, 0.25) is 5.02 Å². The molecule has 0 amide bonds. The van der Waals surface area contributed by atoms with Gasteiger partial charge in [0.15, 0.2) is 0 Å². The van der Waals surface area contributed by atoms with E-state index in [0.29, 0.717) is 0 Å². The van der Waals surface area contributed by atoms with E-state index in [1.54, 1.807) is 0 Å². The van der Waals surface area contributed by atoms with Crippen molar-refractivity contribution in [1.29, 1.82) is 0 Å². The number of benzene rings is 1. The smallest absolute Gasteiger partial charge is 0.0957 e. The molecular formula is C9H10ClN. The lowest BCUT2D eigenvalue weighted by atomic mass is 10.2. The summed E-state index contributed by atoms with van der Waals surface area (Å²) in [7, 11) is 3.88. The number of hydrogen-bond acceptors (Lipinski definition) is 1. The summed E-state index contributed by atoms with van der Waals surface area (Å²) in [6.45, 7) is 3.11. The van der Waals surface area contributed by atoms with E-state index in [2.05, 4.69) is 6.54 Å². The molecule has 1 nitrogen and oxygen atoms in total. The fourth-order valence-corrected chi connectivity index (χ4v) is 0.909. The summed E-state index contributed by atoms with van der Waals surface area (Å²) in [4.78, 5) is 1.88. The second-order valence-electron chi connectivity index (χ2n) is 2.51. The average Bonchev–Trinajstić information content (AvgIpc) is 1.93. The quantitative estimate of drug-likeness (QED) is 0.611. The summed E-state index contributed by atoms with van der Waals surface area (Å²) >= 11 is 5.71. The standard InChI is InChI=1S/C9H10ClN/c1-11(2)7-8-3-5-9(10)6-4-8/h3-6H,1-2H3. The highest BCUT2D eigenvalue weighted by atomic mass is 35.5. The van der Waals surface area contributed by atoms with Crippen LogP contribution in [0.15, 0.2) is 24.3 Å². The predicted molar refractivity (Wildman–Crippen MR) is 47.5 cm³/mol. The molecule has 0 bridgehead atoms. The van der Waals surface area contributed by atoms with Gasteiger partial charge in [-0.2, -0.15) is 0 Å². The van der Waals surface area contributed by atoms with Gasteiger partial charge in [-0.15, -0.1) is 0 Å². The molecule has 0 saturated heterocycles. The highest BCUT2D eigenvalue weighted by Crippen LogP contribution is 2.11. The summed E-state index contributed by atoms with van der Waals surface area (Å²) in [5, 5.41) is 0.759. The molecule has 11 heavy (non-hydrogen) atoms. The third kappa shape index (κ3) is 2.91. The maximum atomic E-state index is 5.71. The second kappa shape index (κ2) is 3.74. The zero-order chi connectivity index (χ0) is 8.27. The van der Waals surface area contributed by atoms with E-state index in [9.17, 15) is 0 Å². The number of rotatable bonds is 2. The molecule has 0 aliphatic carbocycles. The molecule has 0 atom stereocenters. The highest BCUT2D eigenvalue weighted by Gasteiger charge is 1.95. The molecule has 0 saturated carbocycles. The Bertz CT molecular complexity index is 216. The molecule has 2 heteroatoms. The van der Waals surface area contributed by atoms with Crippen LogP contribution < -0.4 is 0 Å². The van der Waals surface area contributed by atoms with Gasteiger partial charge in [-0.25, -0.2) is 0 Å². The van der Waals surface area contributed by atoms with Crippen LogP contribution in [0.25, 0.3) is 0 Å². The van der Waals surface area contributed by atoms with Gasteiger partial charge < -0.3 is 0 Å². The van der Waals surface area contributed by atoms with Crippen molar-refractivity contribution in [3.05, 3.63) is 41.4 Å². The molecular weight excluding hydrogens is 158 g/mol. The van der Waals surface area contributed by atoms with Gasteiger partial charge in [0.2, 0.25) is 0 Å². The molecule has 58 valence electrons. The van der Waals surface area contributed by atoms with Crippen LogP contribution in [0.1, 0.15) is 5.56 Å². The Morgan fingerprint density at radius 2 is 1.73 bits per heavy atom. The van der Waals surface area contributed by atoms with Gasteiger partial charge in [0.05, 0.1) is 6.54 Å². The molecule has 0 aliphatic heterocycles.